The van der Waals surface area contributed by atoms with E-state index in [2.05, 4.69) is 22.1 Å². The summed E-state index contributed by atoms with van der Waals surface area (Å²) < 4.78 is 1.97. The van der Waals surface area contributed by atoms with Crippen LogP contribution in [-0.4, -0.2) is 14.4 Å². The van der Waals surface area contributed by atoms with Crippen molar-refractivity contribution in [1.29, 1.82) is 0 Å². The molecule has 0 spiro atoms. The Morgan fingerprint density at radius 2 is 1.73 bits per heavy atom. The highest BCUT2D eigenvalue weighted by molar-refractivity contribution is 5.77. The lowest BCUT2D eigenvalue weighted by atomic mass is 10.1. The second-order valence-electron chi connectivity index (χ2n) is 5.37. The van der Waals surface area contributed by atoms with Crippen molar-refractivity contribution < 1.29 is 0 Å². The van der Waals surface area contributed by atoms with Crippen molar-refractivity contribution in [3.63, 3.8) is 0 Å². The maximum Gasteiger partial charge on any atom is 0.292 e. The van der Waals surface area contributed by atoms with Crippen molar-refractivity contribution in [3.8, 4) is 0 Å². The molecule has 108 valence electrons. The SMILES string of the molecule is O=c1[nH]c2ccccc2n2c(CCc3ccccc3)cnc12. The molecule has 4 rings (SSSR count). The number of hydrogen-bond donors (Lipinski definition) is 1. The summed E-state index contributed by atoms with van der Waals surface area (Å²) in [5, 5.41) is 0. The van der Waals surface area contributed by atoms with Crippen LogP contribution in [0.15, 0.2) is 65.6 Å². The summed E-state index contributed by atoms with van der Waals surface area (Å²) in [7, 11) is 0. The van der Waals surface area contributed by atoms with Crippen molar-refractivity contribution >= 4 is 16.7 Å². The van der Waals surface area contributed by atoms with Gasteiger partial charge in [-0.15, -0.1) is 0 Å². The lowest BCUT2D eigenvalue weighted by Crippen LogP contribution is -2.12. The molecule has 0 fully saturated rings. The molecule has 1 N–H and O–H groups in total. The number of nitrogens with zero attached hydrogens (tertiary/aromatic N) is 2. The first-order valence-electron chi connectivity index (χ1n) is 7.34. The van der Waals surface area contributed by atoms with Gasteiger partial charge in [0.25, 0.3) is 5.56 Å². The lowest BCUT2D eigenvalue weighted by molar-refractivity contribution is 0.904. The molecule has 2 heterocycles. The highest BCUT2D eigenvalue weighted by Gasteiger charge is 2.10. The van der Waals surface area contributed by atoms with Crippen molar-refractivity contribution in [2.75, 3.05) is 0 Å². The monoisotopic (exact) mass is 289 g/mol. The Balaban J connectivity index is 1.83. The van der Waals surface area contributed by atoms with E-state index >= 15 is 0 Å². The van der Waals surface area contributed by atoms with Crippen molar-refractivity contribution in [3.05, 3.63) is 82.4 Å². The van der Waals surface area contributed by atoms with Crippen molar-refractivity contribution in [2.45, 2.75) is 12.8 Å². The number of aromatic nitrogens is 3. The zero-order chi connectivity index (χ0) is 14.9. The largest absolute Gasteiger partial charge is 0.317 e. The Morgan fingerprint density at radius 1 is 0.955 bits per heavy atom. The molecule has 2 aromatic carbocycles. The minimum atomic E-state index is -0.148. The number of para-hydroxylation sites is 2. The fourth-order valence-corrected chi connectivity index (χ4v) is 2.86. The van der Waals surface area contributed by atoms with E-state index in [9.17, 15) is 4.79 Å². The van der Waals surface area contributed by atoms with Crippen LogP contribution in [0.4, 0.5) is 0 Å². The summed E-state index contributed by atoms with van der Waals surface area (Å²) in [4.78, 5) is 19.3. The number of aryl methyl sites for hydroxylation is 2. The van der Waals surface area contributed by atoms with E-state index in [4.69, 9.17) is 0 Å². The molecule has 4 heteroatoms. The van der Waals surface area contributed by atoms with Crippen LogP contribution in [0.25, 0.3) is 16.7 Å². The number of H-pyrrole nitrogens is 1. The Bertz CT molecular complexity index is 999. The van der Waals surface area contributed by atoms with E-state index in [-0.39, 0.29) is 5.56 Å². The molecule has 0 atom stereocenters. The van der Waals surface area contributed by atoms with Gasteiger partial charge < -0.3 is 4.98 Å². The topological polar surface area (TPSA) is 50.2 Å². The van der Waals surface area contributed by atoms with Crippen LogP contribution >= 0.6 is 0 Å². The summed E-state index contributed by atoms with van der Waals surface area (Å²) in [5.74, 6) is 0. The van der Waals surface area contributed by atoms with Crippen LogP contribution in [0.2, 0.25) is 0 Å². The van der Waals surface area contributed by atoms with E-state index in [0.717, 1.165) is 29.6 Å². The summed E-state index contributed by atoms with van der Waals surface area (Å²) in [5.41, 5.74) is 4.47. The standard InChI is InChI=1S/C18H15N3O/c22-18-17-19-12-14(11-10-13-6-2-1-3-7-13)21(17)16-9-5-4-8-15(16)20-18/h1-9,12H,10-11H2,(H,20,22). The highest BCUT2D eigenvalue weighted by atomic mass is 16.1. The van der Waals surface area contributed by atoms with Gasteiger partial charge in [-0.05, 0) is 30.5 Å². The molecule has 0 unspecified atom stereocenters. The highest BCUT2D eigenvalue weighted by Crippen LogP contribution is 2.15. The minimum absolute atomic E-state index is 0.148. The molecule has 4 nitrogen and oxygen atoms in total. The zero-order valence-corrected chi connectivity index (χ0v) is 12.0. The molecule has 2 aromatic heterocycles. The second-order valence-corrected chi connectivity index (χ2v) is 5.37. The molecule has 0 amide bonds. The molecular formula is C18H15N3O. The Labute approximate surface area is 127 Å². The first kappa shape index (κ1) is 12.8. The van der Waals surface area contributed by atoms with Gasteiger partial charge in [-0.25, -0.2) is 4.98 Å². The molecule has 0 aliphatic heterocycles. The molecule has 0 aliphatic carbocycles. The Kier molecular flexibility index (Phi) is 3.00. The van der Waals surface area contributed by atoms with Crippen LogP contribution in [0.3, 0.4) is 0 Å². The number of nitrogens with one attached hydrogen (secondary N) is 1. The smallest absolute Gasteiger partial charge is 0.292 e. The predicted molar refractivity (Wildman–Crippen MR) is 87.2 cm³/mol. The first-order valence-corrected chi connectivity index (χ1v) is 7.34. The van der Waals surface area contributed by atoms with E-state index in [1.165, 1.54) is 5.56 Å². The number of aromatic amines is 1. The van der Waals surface area contributed by atoms with Crippen LogP contribution < -0.4 is 5.56 Å². The number of benzene rings is 2. The van der Waals surface area contributed by atoms with E-state index in [1.807, 2.05) is 46.9 Å². The Hall–Kier alpha value is -2.88. The van der Waals surface area contributed by atoms with Crippen LogP contribution in [0, 0.1) is 0 Å². The number of imidazole rings is 1. The van der Waals surface area contributed by atoms with Gasteiger partial charge >= 0.3 is 0 Å². The summed E-state index contributed by atoms with van der Waals surface area (Å²) >= 11 is 0. The quantitative estimate of drug-likeness (QED) is 0.630. The van der Waals surface area contributed by atoms with Crippen molar-refractivity contribution in [1.82, 2.24) is 14.4 Å². The van der Waals surface area contributed by atoms with Gasteiger partial charge in [0.15, 0.2) is 0 Å². The number of rotatable bonds is 3. The Morgan fingerprint density at radius 3 is 2.59 bits per heavy atom. The zero-order valence-electron chi connectivity index (χ0n) is 12.0. The van der Waals surface area contributed by atoms with Gasteiger partial charge in [0.2, 0.25) is 5.65 Å². The number of hydrogen-bond acceptors (Lipinski definition) is 2. The third-order valence-corrected chi connectivity index (χ3v) is 3.94. The van der Waals surface area contributed by atoms with Crippen LogP contribution in [-0.2, 0) is 12.8 Å². The van der Waals surface area contributed by atoms with Crippen LogP contribution in [0.5, 0.6) is 0 Å². The molecule has 0 saturated carbocycles. The molecule has 0 bridgehead atoms. The molecule has 4 aromatic rings. The fourth-order valence-electron chi connectivity index (χ4n) is 2.86. The maximum atomic E-state index is 12.1. The van der Waals surface area contributed by atoms with Crippen molar-refractivity contribution in [2.24, 2.45) is 0 Å². The van der Waals surface area contributed by atoms with E-state index in [1.54, 1.807) is 6.20 Å². The minimum Gasteiger partial charge on any atom is -0.317 e. The van der Waals surface area contributed by atoms with Crippen LogP contribution in [0.1, 0.15) is 11.3 Å². The molecule has 0 radical (unpaired) electrons. The predicted octanol–water partition coefficient (Wildman–Crippen LogP) is 2.96. The van der Waals surface area contributed by atoms with E-state index in [0.29, 0.717) is 5.65 Å². The summed E-state index contributed by atoms with van der Waals surface area (Å²) in [6.45, 7) is 0. The van der Waals surface area contributed by atoms with Gasteiger partial charge in [0.05, 0.1) is 11.0 Å². The van der Waals surface area contributed by atoms with Gasteiger partial charge in [-0.1, -0.05) is 42.5 Å². The average Bonchev–Trinajstić information content (AvgIpc) is 2.99. The van der Waals surface area contributed by atoms with Gasteiger partial charge in [0.1, 0.15) is 0 Å². The first-order chi connectivity index (χ1) is 10.8. The third-order valence-electron chi connectivity index (χ3n) is 3.94. The fraction of sp³-hybridized carbons (Fsp3) is 0.111. The normalized spacial score (nSPS) is 11.3. The van der Waals surface area contributed by atoms with Gasteiger partial charge in [0, 0.05) is 11.9 Å². The number of fused-ring (bicyclic) bond motifs is 3. The lowest BCUT2D eigenvalue weighted by Gasteiger charge is -2.06. The van der Waals surface area contributed by atoms with Gasteiger partial charge in [-0.3, -0.25) is 9.20 Å². The summed E-state index contributed by atoms with van der Waals surface area (Å²) in [6, 6.07) is 18.2. The van der Waals surface area contributed by atoms with E-state index < -0.39 is 0 Å². The third kappa shape index (κ3) is 2.09. The van der Waals surface area contributed by atoms with Gasteiger partial charge in [-0.2, -0.15) is 0 Å². The molecular weight excluding hydrogens is 274 g/mol. The molecule has 22 heavy (non-hydrogen) atoms. The summed E-state index contributed by atoms with van der Waals surface area (Å²) in [6.07, 6.45) is 3.58. The second kappa shape index (κ2) is 5.15. The maximum absolute atomic E-state index is 12.1. The average molecular weight is 289 g/mol. The molecule has 0 aliphatic rings. The molecule has 0 saturated heterocycles.